The maximum atomic E-state index is 6.19. The summed E-state index contributed by atoms with van der Waals surface area (Å²) in [5.74, 6) is 0. The zero-order chi connectivity index (χ0) is 13.4. The summed E-state index contributed by atoms with van der Waals surface area (Å²) in [6, 6.07) is 11.5. The van der Waals surface area contributed by atoms with E-state index in [1.54, 1.807) is 11.3 Å². The molecular formula is C13H7Cl2IN2S. The van der Waals surface area contributed by atoms with Crippen molar-refractivity contribution in [1.82, 2.24) is 4.98 Å². The fourth-order valence-corrected chi connectivity index (χ4v) is 3.72. The molecule has 0 aliphatic carbocycles. The lowest BCUT2D eigenvalue weighted by molar-refractivity contribution is 1.44. The van der Waals surface area contributed by atoms with E-state index in [0.717, 1.165) is 29.6 Å². The van der Waals surface area contributed by atoms with Gasteiger partial charge in [0.2, 0.25) is 0 Å². The standard InChI is InChI=1S/C13H7Cl2IN2S/c14-7-1-3-11-12(5-7)19-13(18-11)17-10-4-2-8(16)6-9(10)15/h1-6H,(H,17,18). The average molecular weight is 421 g/mol. The monoisotopic (exact) mass is 420 g/mol. The molecule has 0 radical (unpaired) electrons. The molecule has 0 amide bonds. The van der Waals surface area contributed by atoms with Crippen LogP contribution in [0.25, 0.3) is 10.2 Å². The molecule has 3 rings (SSSR count). The summed E-state index contributed by atoms with van der Waals surface area (Å²) in [6.45, 7) is 0. The summed E-state index contributed by atoms with van der Waals surface area (Å²) in [5.41, 5.74) is 1.78. The second kappa shape index (κ2) is 5.44. The number of nitrogens with one attached hydrogen (secondary N) is 1. The van der Waals surface area contributed by atoms with Crippen LogP contribution in [-0.2, 0) is 0 Å². The predicted molar refractivity (Wildman–Crippen MR) is 92.1 cm³/mol. The Labute approximate surface area is 137 Å². The van der Waals surface area contributed by atoms with Gasteiger partial charge in [-0.1, -0.05) is 34.5 Å². The van der Waals surface area contributed by atoms with Gasteiger partial charge in [0, 0.05) is 8.59 Å². The fourth-order valence-electron chi connectivity index (χ4n) is 1.66. The van der Waals surface area contributed by atoms with Crippen LogP contribution in [0.5, 0.6) is 0 Å². The molecule has 19 heavy (non-hydrogen) atoms. The van der Waals surface area contributed by atoms with Crippen molar-refractivity contribution in [2.75, 3.05) is 5.32 Å². The van der Waals surface area contributed by atoms with Crippen molar-refractivity contribution in [3.05, 3.63) is 50.0 Å². The first-order valence-electron chi connectivity index (χ1n) is 5.40. The lowest BCUT2D eigenvalue weighted by atomic mass is 10.3. The molecule has 0 bridgehead atoms. The largest absolute Gasteiger partial charge is 0.330 e. The number of benzene rings is 2. The van der Waals surface area contributed by atoms with Crippen molar-refractivity contribution >= 4 is 78.2 Å². The van der Waals surface area contributed by atoms with Crippen LogP contribution in [0.2, 0.25) is 10.0 Å². The highest BCUT2D eigenvalue weighted by atomic mass is 127. The minimum absolute atomic E-state index is 0.684. The van der Waals surface area contributed by atoms with Gasteiger partial charge in [-0.15, -0.1) is 0 Å². The molecule has 0 saturated carbocycles. The molecule has 0 spiro atoms. The number of anilines is 2. The van der Waals surface area contributed by atoms with Crippen LogP contribution in [0.15, 0.2) is 36.4 Å². The highest BCUT2D eigenvalue weighted by Crippen LogP contribution is 2.32. The van der Waals surface area contributed by atoms with Crippen LogP contribution >= 0.6 is 57.1 Å². The van der Waals surface area contributed by atoms with E-state index in [1.165, 1.54) is 0 Å². The van der Waals surface area contributed by atoms with Crippen molar-refractivity contribution < 1.29 is 0 Å². The molecule has 96 valence electrons. The number of rotatable bonds is 2. The Balaban J connectivity index is 1.96. The predicted octanol–water partition coefficient (Wildman–Crippen LogP) is 5.95. The Morgan fingerprint density at radius 2 is 1.95 bits per heavy atom. The van der Waals surface area contributed by atoms with Gasteiger partial charge in [-0.05, 0) is 59.0 Å². The van der Waals surface area contributed by atoms with Crippen molar-refractivity contribution in [3.8, 4) is 0 Å². The molecule has 0 aliphatic heterocycles. The molecule has 2 nitrogen and oxygen atoms in total. The van der Waals surface area contributed by atoms with Crippen LogP contribution in [0.3, 0.4) is 0 Å². The Morgan fingerprint density at radius 1 is 1.11 bits per heavy atom. The van der Waals surface area contributed by atoms with E-state index >= 15 is 0 Å². The fraction of sp³-hybridized carbons (Fsp3) is 0. The number of aromatic nitrogens is 1. The van der Waals surface area contributed by atoms with Gasteiger partial charge in [-0.3, -0.25) is 0 Å². The van der Waals surface area contributed by atoms with Crippen LogP contribution in [0, 0.1) is 3.57 Å². The first kappa shape index (κ1) is 13.4. The van der Waals surface area contributed by atoms with Gasteiger partial charge in [-0.25, -0.2) is 4.98 Å². The van der Waals surface area contributed by atoms with E-state index in [2.05, 4.69) is 32.9 Å². The molecule has 0 fully saturated rings. The first-order chi connectivity index (χ1) is 9.11. The van der Waals surface area contributed by atoms with E-state index < -0.39 is 0 Å². The van der Waals surface area contributed by atoms with E-state index in [-0.39, 0.29) is 0 Å². The number of nitrogens with zero attached hydrogens (tertiary/aromatic N) is 1. The Bertz CT molecular complexity index is 757. The molecule has 6 heteroatoms. The molecule has 3 aromatic rings. The minimum Gasteiger partial charge on any atom is -0.330 e. The summed E-state index contributed by atoms with van der Waals surface area (Å²) < 4.78 is 2.15. The normalized spacial score (nSPS) is 10.9. The Hall–Kier alpha value is -0.560. The molecule has 0 saturated heterocycles. The smallest absolute Gasteiger partial charge is 0.188 e. The summed E-state index contributed by atoms with van der Waals surface area (Å²) in [5, 5.41) is 5.45. The maximum absolute atomic E-state index is 6.19. The van der Waals surface area contributed by atoms with Gasteiger partial charge in [0.05, 0.1) is 20.9 Å². The van der Waals surface area contributed by atoms with E-state index in [1.807, 2.05) is 36.4 Å². The van der Waals surface area contributed by atoms with Gasteiger partial charge >= 0.3 is 0 Å². The van der Waals surface area contributed by atoms with Crippen LogP contribution in [0.4, 0.5) is 10.8 Å². The van der Waals surface area contributed by atoms with Gasteiger partial charge in [0.1, 0.15) is 0 Å². The second-order valence-corrected chi connectivity index (χ2v) is 7.00. The third-order valence-corrected chi connectivity index (χ3v) is 4.68. The van der Waals surface area contributed by atoms with Crippen LogP contribution < -0.4 is 5.32 Å². The zero-order valence-electron chi connectivity index (χ0n) is 9.45. The number of thiazole rings is 1. The first-order valence-corrected chi connectivity index (χ1v) is 8.05. The molecule has 0 atom stereocenters. The topological polar surface area (TPSA) is 24.9 Å². The number of hydrogen-bond acceptors (Lipinski definition) is 3. The third-order valence-electron chi connectivity index (χ3n) is 2.52. The van der Waals surface area contributed by atoms with Crippen molar-refractivity contribution in [2.24, 2.45) is 0 Å². The van der Waals surface area contributed by atoms with E-state index in [9.17, 15) is 0 Å². The quantitative estimate of drug-likeness (QED) is 0.518. The Kier molecular flexibility index (Phi) is 3.84. The highest BCUT2D eigenvalue weighted by molar-refractivity contribution is 14.1. The number of hydrogen-bond donors (Lipinski definition) is 1. The van der Waals surface area contributed by atoms with E-state index in [0.29, 0.717) is 5.02 Å². The average Bonchev–Trinajstić information content (AvgIpc) is 2.74. The SMILES string of the molecule is Clc1ccc2nc(Nc3ccc(I)cc3Cl)sc2c1. The van der Waals surface area contributed by atoms with Gasteiger partial charge in [0.25, 0.3) is 0 Å². The van der Waals surface area contributed by atoms with Crippen molar-refractivity contribution in [1.29, 1.82) is 0 Å². The summed E-state index contributed by atoms with van der Waals surface area (Å²) in [4.78, 5) is 4.50. The third kappa shape index (κ3) is 2.97. The van der Waals surface area contributed by atoms with Crippen LogP contribution in [0.1, 0.15) is 0 Å². The zero-order valence-corrected chi connectivity index (χ0v) is 13.9. The highest BCUT2D eigenvalue weighted by Gasteiger charge is 2.07. The number of fused-ring (bicyclic) bond motifs is 1. The second-order valence-electron chi connectivity index (χ2n) is 3.88. The van der Waals surface area contributed by atoms with Crippen molar-refractivity contribution in [3.63, 3.8) is 0 Å². The molecular weight excluding hydrogens is 414 g/mol. The summed E-state index contributed by atoms with van der Waals surface area (Å²) in [7, 11) is 0. The lowest BCUT2D eigenvalue weighted by Crippen LogP contribution is -1.90. The Morgan fingerprint density at radius 3 is 2.74 bits per heavy atom. The molecule has 1 heterocycles. The summed E-state index contributed by atoms with van der Waals surface area (Å²) in [6.07, 6.45) is 0. The van der Waals surface area contributed by atoms with Gasteiger partial charge in [0.15, 0.2) is 5.13 Å². The molecule has 2 aromatic carbocycles. The molecule has 1 N–H and O–H groups in total. The maximum Gasteiger partial charge on any atom is 0.188 e. The van der Waals surface area contributed by atoms with Gasteiger partial charge < -0.3 is 5.32 Å². The molecule has 0 unspecified atom stereocenters. The van der Waals surface area contributed by atoms with Crippen molar-refractivity contribution in [2.45, 2.75) is 0 Å². The summed E-state index contributed by atoms with van der Waals surface area (Å²) >= 11 is 15.9. The minimum atomic E-state index is 0.684. The van der Waals surface area contributed by atoms with E-state index in [4.69, 9.17) is 23.2 Å². The lowest BCUT2D eigenvalue weighted by Gasteiger charge is -2.04. The molecule has 0 aliphatic rings. The number of halogens is 3. The van der Waals surface area contributed by atoms with Gasteiger partial charge in [-0.2, -0.15) is 0 Å². The molecule has 1 aromatic heterocycles. The van der Waals surface area contributed by atoms with Crippen LogP contribution in [-0.4, -0.2) is 4.98 Å².